The van der Waals surface area contributed by atoms with Crippen LogP contribution in [0, 0.1) is 0 Å². The number of rotatable bonds is 3. The normalized spacial score (nSPS) is 11.3. The summed E-state index contributed by atoms with van der Waals surface area (Å²) in [5.74, 6) is 0.176. The Bertz CT molecular complexity index is 1020. The highest BCUT2D eigenvalue weighted by Crippen LogP contribution is 2.30. The molecule has 24 heavy (non-hydrogen) atoms. The number of aromatic nitrogens is 1. The number of para-hydroxylation sites is 3. The van der Waals surface area contributed by atoms with Gasteiger partial charge in [0.05, 0.1) is 5.69 Å². The molecular formula is C21H16N2O. The number of nitrogens with one attached hydrogen (secondary N) is 1. The summed E-state index contributed by atoms with van der Waals surface area (Å²) in [7, 11) is 0. The predicted molar refractivity (Wildman–Crippen MR) is 99.1 cm³/mol. The lowest BCUT2D eigenvalue weighted by molar-refractivity contribution is 0.477. The summed E-state index contributed by atoms with van der Waals surface area (Å²) >= 11 is 0. The lowest BCUT2D eigenvalue weighted by Crippen LogP contribution is -1.85. The van der Waals surface area contributed by atoms with Gasteiger partial charge in [0.25, 0.3) is 0 Å². The van der Waals surface area contributed by atoms with E-state index in [2.05, 4.69) is 34.2 Å². The average Bonchev–Trinajstić information content (AvgIpc) is 3.00. The molecule has 116 valence electrons. The van der Waals surface area contributed by atoms with Crippen LogP contribution in [0.25, 0.3) is 22.2 Å². The van der Waals surface area contributed by atoms with Crippen molar-refractivity contribution in [2.45, 2.75) is 0 Å². The maximum absolute atomic E-state index is 9.92. The van der Waals surface area contributed by atoms with E-state index < -0.39 is 0 Å². The maximum Gasteiger partial charge on any atom is 0.141 e. The van der Waals surface area contributed by atoms with E-state index in [1.54, 1.807) is 18.2 Å². The Morgan fingerprint density at radius 1 is 0.792 bits per heavy atom. The molecule has 0 aliphatic carbocycles. The van der Waals surface area contributed by atoms with Crippen molar-refractivity contribution < 1.29 is 5.11 Å². The van der Waals surface area contributed by atoms with Crippen LogP contribution >= 0.6 is 0 Å². The molecule has 3 heteroatoms. The van der Waals surface area contributed by atoms with Gasteiger partial charge in [-0.15, -0.1) is 0 Å². The van der Waals surface area contributed by atoms with E-state index in [0.717, 1.165) is 27.7 Å². The maximum atomic E-state index is 9.92. The smallest absolute Gasteiger partial charge is 0.141 e. The molecule has 1 heterocycles. The van der Waals surface area contributed by atoms with Crippen LogP contribution in [0.5, 0.6) is 5.75 Å². The minimum absolute atomic E-state index is 0.176. The standard InChI is InChI=1S/C21H16N2O/c24-20-13-7-6-12-19(20)22-14-17-16-10-4-5-11-18(16)23-21(17)15-8-2-1-3-9-15/h1-14,23-24H. The molecule has 0 bridgehead atoms. The van der Waals surface area contributed by atoms with Crippen molar-refractivity contribution in [3.05, 3.63) is 84.4 Å². The summed E-state index contributed by atoms with van der Waals surface area (Å²) in [6, 6.07) is 25.4. The van der Waals surface area contributed by atoms with Crippen molar-refractivity contribution in [1.82, 2.24) is 4.98 Å². The van der Waals surface area contributed by atoms with E-state index in [-0.39, 0.29) is 5.75 Å². The number of aromatic amines is 1. The molecule has 0 saturated heterocycles. The fourth-order valence-corrected chi connectivity index (χ4v) is 2.84. The van der Waals surface area contributed by atoms with Gasteiger partial charge in [-0.2, -0.15) is 0 Å². The summed E-state index contributed by atoms with van der Waals surface area (Å²) in [5.41, 5.74) is 4.76. The topological polar surface area (TPSA) is 48.4 Å². The Hall–Kier alpha value is -3.33. The average molecular weight is 312 g/mol. The van der Waals surface area contributed by atoms with Gasteiger partial charge in [-0.1, -0.05) is 60.7 Å². The summed E-state index contributed by atoms with van der Waals surface area (Å²) in [5, 5.41) is 11.0. The first kappa shape index (κ1) is 14.3. The second-order valence-corrected chi connectivity index (χ2v) is 5.57. The van der Waals surface area contributed by atoms with E-state index in [1.807, 2.05) is 42.6 Å². The van der Waals surface area contributed by atoms with Gasteiger partial charge in [0, 0.05) is 22.7 Å². The molecule has 2 N–H and O–H groups in total. The molecule has 0 spiro atoms. The second-order valence-electron chi connectivity index (χ2n) is 5.57. The van der Waals surface area contributed by atoms with Crippen molar-refractivity contribution in [2.75, 3.05) is 0 Å². The molecule has 3 nitrogen and oxygen atoms in total. The molecule has 4 rings (SSSR count). The Kier molecular flexibility index (Phi) is 3.60. The SMILES string of the molecule is Oc1ccccc1N=Cc1c(-c2ccccc2)[nH]c2ccccc12. The molecule has 0 atom stereocenters. The summed E-state index contributed by atoms with van der Waals surface area (Å²) in [6.07, 6.45) is 1.82. The van der Waals surface area contributed by atoms with Crippen LogP contribution in [-0.4, -0.2) is 16.3 Å². The van der Waals surface area contributed by atoms with Gasteiger partial charge >= 0.3 is 0 Å². The first-order valence-electron chi connectivity index (χ1n) is 7.81. The van der Waals surface area contributed by atoms with Crippen molar-refractivity contribution in [1.29, 1.82) is 0 Å². The minimum atomic E-state index is 0.176. The number of fused-ring (bicyclic) bond motifs is 1. The van der Waals surface area contributed by atoms with Crippen LogP contribution in [-0.2, 0) is 0 Å². The van der Waals surface area contributed by atoms with Gasteiger partial charge in [0.1, 0.15) is 11.4 Å². The van der Waals surface area contributed by atoms with Gasteiger partial charge in [0.15, 0.2) is 0 Å². The van der Waals surface area contributed by atoms with E-state index in [0.29, 0.717) is 5.69 Å². The monoisotopic (exact) mass is 312 g/mol. The fourth-order valence-electron chi connectivity index (χ4n) is 2.84. The molecule has 3 aromatic carbocycles. The van der Waals surface area contributed by atoms with Crippen LogP contribution in [0.3, 0.4) is 0 Å². The van der Waals surface area contributed by atoms with E-state index >= 15 is 0 Å². The van der Waals surface area contributed by atoms with Crippen LogP contribution in [0.2, 0.25) is 0 Å². The number of nitrogens with zero attached hydrogens (tertiary/aromatic N) is 1. The Morgan fingerprint density at radius 3 is 2.33 bits per heavy atom. The van der Waals surface area contributed by atoms with E-state index in [4.69, 9.17) is 0 Å². The molecule has 0 saturated carbocycles. The minimum Gasteiger partial charge on any atom is -0.506 e. The molecule has 0 aliphatic heterocycles. The highest BCUT2D eigenvalue weighted by molar-refractivity contribution is 6.06. The lowest BCUT2D eigenvalue weighted by atomic mass is 10.1. The number of hydrogen-bond donors (Lipinski definition) is 2. The van der Waals surface area contributed by atoms with Gasteiger partial charge < -0.3 is 10.1 Å². The van der Waals surface area contributed by atoms with Crippen molar-refractivity contribution >= 4 is 22.8 Å². The Labute approximate surface area is 139 Å². The van der Waals surface area contributed by atoms with Gasteiger partial charge in [0.2, 0.25) is 0 Å². The molecule has 0 amide bonds. The van der Waals surface area contributed by atoms with Crippen molar-refractivity contribution in [3.63, 3.8) is 0 Å². The zero-order valence-electron chi connectivity index (χ0n) is 13.0. The molecule has 1 aromatic heterocycles. The first-order valence-corrected chi connectivity index (χ1v) is 7.81. The number of aliphatic imine (C=N–C) groups is 1. The highest BCUT2D eigenvalue weighted by atomic mass is 16.3. The zero-order valence-corrected chi connectivity index (χ0v) is 13.0. The Morgan fingerprint density at radius 2 is 1.50 bits per heavy atom. The quantitative estimate of drug-likeness (QED) is 0.496. The predicted octanol–water partition coefficient (Wildman–Crippen LogP) is 5.29. The number of phenolic OH excluding ortho intramolecular Hbond substituents is 1. The Balaban J connectivity index is 1.89. The second kappa shape index (κ2) is 6.05. The summed E-state index contributed by atoms with van der Waals surface area (Å²) < 4.78 is 0. The molecule has 0 radical (unpaired) electrons. The lowest BCUT2D eigenvalue weighted by Gasteiger charge is -2.01. The number of benzene rings is 3. The van der Waals surface area contributed by atoms with Gasteiger partial charge in [-0.05, 0) is 23.8 Å². The largest absolute Gasteiger partial charge is 0.506 e. The van der Waals surface area contributed by atoms with Crippen molar-refractivity contribution in [2.24, 2.45) is 4.99 Å². The van der Waals surface area contributed by atoms with Crippen LogP contribution in [0.15, 0.2) is 83.9 Å². The van der Waals surface area contributed by atoms with Crippen LogP contribution in [0.4, 0.5) is 5.69 Å². The third-order valence-electron chi connectivity index (χ3n) is 4.02. The van der Waals surface area contributed by atoms with Crippen molar-refractivity contribution in [3.8, 4) is 17.0 Å². The fraction of sp³-hybridized carbons (Fsp3) is 0. The third-order valence-corrected chi connectivity index (χ3v) is 4.02. The van der Waals surface area contributed by atoms with E-state index in [9.17, 15) is 5.11 Å². The summed E-state index contributed by atoms with van der Waals surface area (Å²) in [4.78, 5) is 7.97. The molecular weight excluding hydrogens is 296 g/mol. The van der Waals surface area contributed by atoms with Crippen LogP contribution < -0.4 is 0 Å². The van der Waals surface area contributed by atoms with Crippen LogP contribution in [0.1, 0.15) is 5.56 Å². The number of aromatic hydroxyl groups is 1. The summed E-state index contributed by atoms with van der Waals surface area (Å²) in [6.45, 7) is 0. The number of hydrogen-bond acceptors (Lipinski definition) is 2. The van der Waals surface area contributed by atoms with Gasteiger partial charge in [-0.25, -0.2) is 0 Å². The number of H-pyrrole nitrogens is 1. The number of phenols is 1. The molecule has 0 fully saturated rings. The zero-order chi connectivity index (χ0) is 16.4. The molecule has 4 aromatic rings. The first-order chi connectivity index (χ1) is 11.8. The molecule has 0 unspecified atom stereocenters. The van der Waals surface area contributed by atoms with Gasteiger partial charge in [-0.3, -0.25) is 4.99 Å². The third kappa shape index (κ3) is 2.57. The highest BCUT2D eigenvalue weighted by Gasteiger charge is 2.11. The van der Waals surface area contributed by atoms with E-state index in [1.165, 1.54) is 0 Å². The molecule has 0 aliphatic rings.